The van der Waals surface area contributed by atoms with Crippen molar-refractivity contribution in [3.63, 3.8) is 0 Å². The van der Waals surface area contributed by atoms with E-state index in [1.165, 1.54) is 0 Å². The summed E-state index contributed by atoms with van der Waals surface area (Å²) in [5, 5.41) is 3.28. The third-order valence-electron chi connectivity index (χ3n) is 2.83. The number of rotatable bonds is 6. The average Bonchev–Trinajstić information content (AvgIpc) is 2.87. The highest BCUT2D eigenvalue weighted by molar-refractivity contribution is 5.74. The van der Waals surface area contributed by atoms with Crippen LogP contribution in [0.25, 0.3) is 0 Å². The molecule has 1 aromatic rings. The monoisotopic (exact) mass is 344 g/mol. The fourth-order valence-electron chi connectivity index (χ4n) is 1.75. The Kier molecular flexibility index (Phi) is 6.22. The predicted octanol–water partition coefficient (Wildman–Crippen LogP) is 4.11. The second kappa shape index (κ2) is 7.51. The van der Waals surface area contributed by atoms with Crippen LogP contribution in [0.3, 0.4) is 0 Å². The first-order valence-corrected chi connectivity index (χ1v) is 6.52. The molecule has 0 amide bonds. The first kappa shape index (κ1) is 19.0. The van der Waals surface area contributed by atoms with Gasteiger partial charge in [0.15, 0.2) is 17.6 Å². The van der Waals surface area contributed by atoms with Crippen molar-refractivity contribution in [1.29, 1.82) is 0 Å². The van der Waals surface area contributed by atoms with E-state index >= 15 is 0 Å². The number of halogens is 6. The summed E-state index contributed by atoms with van der Waals surface area (Å²) in [7, 11) is 0. The molecule has 0 saturated carbocycles. The minimum absolute atomic E-state index is 0.484. The molecule has 1 heterocycles. The van der Waals surface area contributed by atoms with Crippen LogP contribution >= 0.6 is 0 Å². The molecule has 1 unspecified atom stereocenters. The molecular weight excluding hydrogens is 330 g/mol. The van der Waals surface area contributed by atoms with Gasteiger partial charge in [0.25, 0.3) is 0 Å². The lowest BCUT2D eigenvalue weighted by molar-refractivity contribution is -0.150. The number of esters is 1. The predicted molar refractivity (Wildman–Crippen MR) is 67.0 cm³/mol. The van der Waals surface area contributed by atoms with Crippen molar-refractivity contribution in [2.24, 2.45) is 5.92 Å². The van der Waals surface area contributed by atoms with Crippen LogP contribution < -0.4 is 0 Å². The zero-order chi connectivity index (χ0) is 17.8. The van der Waals surface area contributed by atoms with Gasteiger partial charge in [-0.2, -0.15) is 27.1 Å². The van der Waals surface area contributed by atoms with Crippen LogP contribution in [0.5, 0.6) is 0 Å². The normalized spacial score (nSPS) is 13.1. The molecule has 1 rings (SSSR count). The largest absolute Gasteiger partial charge is 0.464 e. The Bertz CT molecular complexity index is 575. The third kappa shape index (κ3) is 5.29. The first-order chi connectivity index (χ1) is 10.5. The molecular formula is C13H14F6N2O2. The van der Waals surface area contributed by atoms with E-state index in [0.29, 0.717) is 6.07 Å². The van der Waals surface area contributed by atoms with E-state index in [-0.39, 0.29) is 0 Å². The van der Waals surface area contributed by atoms with Crippen LogP contribution in [-0.2, 0) is 15.7 Å². The molecule has 0 spiro atoms. The zero-order valence-corrected chi connectivity index (χ0v) is 12.2. The molecule has 1 aromatic heterocycles. The molecule has 4 nitrogen and oxygen atoms in total. The van der Waals surface area contributed by atoms with Crippen LogP contribution in [0.4, 0.5) is 26.3 Å². The lowest BCUT2D eigenvalue weighted by Gasteiger charge is -2.19. The molecule has 0 aliphatic heterocycles. The smallest absolute Gasteiger partial charge is 0.435 e. The Morgan fingerprint density at radius 3 is 2.35 bits per heavy atom. The van der Waals surface area contributed by atoms with Gasteiger partial charge in [0.05, 0.1) is 6.61 Å². The van der Waals surface area contributed by atoms with E-state index in [0.717, 1.165) is 10.9 Å². The number of nitrogens with zero attached hydrogens (tertiary/aromatic N) is 2. The summed E-state index contributed by atoms with van der Waals surface area (Å²) in [4.78, 5) is 11.9. The minimum atomic E-state index is -4.66. The molecule has 0 aliphatic rings. The number of aromatic nitrogens is 2. The maximum Gasteiger partial charge on any atom is 0.435 e. The second-order valence-electron chi connectivity index (χ2n) is 4.95. The van der Waals surface area contributed by atoms with Crippen LogP contribution in [0.2, 0.25) is 0 Å². The van der Waals surface area contributed by atoms with Gasteiger partial charge in [0, 0.05) is 12.6 Å². The summed E-state index contributed by atoms with van der Waals surface area (Å²) in [6, 6.07) is -0.489. The topological polar surface area (TPSA) is 44.1 Å². The number of ether oxygens (including phenoxy) is 1. The summed E-state index contributed by atoms with van der Waals surface area (Å²) < 4.78 is 79.3. The highest BCUT2D eigenvalue weighted by atomic mass is 19.4. The number of hydrogen-bond acceptors (Lipinski definition) is 3. The molecule has 0 fully saturated rings. The summed E-state index contributed by atoms with van der Waals surface area (Å²) in [5.74, 6) is -3.18. The number of alkyl halides is 3. The van der Waals surface area contributed by atoms with E-state index in [2.05, 4.69) is 9.84 Å². The van der Waals surface area contributed by atoms with Gasteiger partial charge in [0.1, 0.15) is 0 Å². The van der Waals surface area contributed by atoms with Crippen molar-refractivity contribution in [3.8, 4) is 0 Å². The van der Waals surface area contributed by atoms with Crippen LogP contribution in [0.1, 0.15) is 32.0 Å². The summed E-state index contributed by atoms with van der Waals surface area (Å²) in [6.45, 7) is 2.43. The highest BCUT2D eigenvalue weighted by Gasteiger charge is 2.35. The fourth-order valence-corrected chi connectivity index (χ4v) is 1.75. The third-order valence-corrected chi connectivity index (χ3v) is 2.83. The van der Waals surface area contributed by atoms with Gasteiger partial charge in [-0.3, -0.25) is 4.68 Å². The average molecular weight is 344 g/mol. The van der Waals surface area contributed by atoms with Crippen molar-refractivity contribution in [3.05, 3.63) is 29.9 Å². The number of carbonyl (C=O) groups is 1. The van der Waals surface area contributed by atoms with Gasteiger partial charge in [-0.15, -0.1) is 0 Å². The Balaban J connectivity index is 2.80. The van der Waals surface area contributed by atoms with Gasteiger partial charge in [-0.1, -0.05) is 13.8 Å². The Morgan fingerprint density at radius 1 is 1.30 bits per heavy atom. The van der Waals surface area contributed by atoms with Gasteiger partial charge < -0.3 is 4.74 Å². The molecule has 0 aromatic carbocycles. The molecule has 23 heavy (non-hydrogen) atoms. The lowest BCUT2D eigenvalue weighted by atomic mass is 10.1. The van der Waals surface area contributed by atoms with Crippen LogP contribution in [0, 0.1) is 5.92 Å². The maximum atomic E-state index is 12.6. The fraction of sp³-hybridized carbons (Fsp3) is 0.538. The van der Waals surface area contributed by atoms with Gasteiger partial charge in [-0.25, -0.2) is 9.18 Å². The van der Waals surface area contributed by atoms with Crippen molar-refractivity contribution >= 4 is 5.97 Å². The Morgan fingerprint density at radius 2 is 1.91 bits per heavy atom. The van der Waals surface area contributed by atoms with E-state index in [4.69, 9.17) is 0 Å². The quantitative estimate of drug-likeness (QED) is 0.576. The summed E-state index contributed by atoms with van der Waals surface area (Å²) in [6.07, 6.45) is -7.02. The maximum absolute atomic E-state index is 12.6. The summed E-state index contributed by atoms with van der Waals surface area (Å²) in [5.41, 5.74) is -1.18. The molecule has 0 N–H and O–H groups in total. The Hall–Kier alpha value is -2.00. The highest BCUT2D eigenvalue weighted by Crippen LogP contribution is 2.29. The van der Waals surface area contributed by atoms with Gasteiger partial charge in [-0.05, 0) is 12.0 Å². The van der Waals surface area contributed by atoms with E-state index in [9.17, 15) is 31.1 Å². The summed E-state index contributed by atoms with van der Waals surface area (Å²) >= 11 is 0. The van der Waals surface area contributed by atoms with Crippen molar-refractivity contribution in [2.45, 2.75) is 32.5 Å². The molecule has 10 heteroatoms. The Labute approximate surface area is 127 Å². The standard InChI is InChI=1S/C13H14F6N2O2/c1-7(2)10(12(22)23-6-4-8(14)11(15)16)21-5-3-9(20-21)13(17,18)19/h3,5,7,10H,4,6H2,1-2H3. The molecule has 1 atom stereocenters. The van der Waals surface area contributed by atoms with Crippen LogP contribution in [0.15, 0.2) is 24.2 Å². The molecule has 0 aliphatic carbocycles. The number of hydrogen-bond donors (Lipinski definition) is 0. The SMILES string of the molecule is CC(C)C(C(=O)OCCC(F)=C(F)F)n1ccc(C(F)(F)F)n1. The van der Waals surface area contributed by atoms with E-state index in [1.807, 2.05) is 0 Å². The number of carbonyl (C=O) groups excluding carboxylic acids is 1. The van der Waals surface area contributed by atoms with Crippen molar-refractivity contribution in [2.75, 3.05) is 6.61 Å². The first-order valence-electron chi connectivity index (χ1n) is 6.52. The molecule has 0 saturated heterocycles. The van der Waals surface area contributed by atoms with Crippen molar-refractivity contribution in [1.82, 2.24) is 9.78 Å². The molecule has 0 bridgehead atoms. The lowest BCUT2D eigenvalue weighted by Crippen LogP contribution is -2.27. The van der Waals surface area contributed by atoms with E-state index in [1.54, 1.807) is 13.8 Å². The minimum Gasteiger partial charge on any atom is -0.464 e. The van der Waals surface area contributed by atoms with Crippen LogP contribution in [-0.4, -0.2) is 22.4 Å². The van der Waals surface area contributed by atoms with E-state index < -0.39 is 54.7 Å². The van der Waals surface area contributed by atoms with Gasteiger partial charge >= 0.3 is 18.2 Å². The molecule has 130 valence electrons. The zero-order valence-electron chi connectivity index (χ0n) is 12.2. The van der Waals surface area contributed by atoms with Gasteiger partial charge in [0.2, 0.25) is 0 Å². The molecule has 0 radical (unpaired) electrons. The van der Waals surface area contributed by atoms with Crippen molar-refractivity contribution < 1.29 is 35.9 Å². The second-order valence-corrected chi connectivity index (χ2v) is 4.95.